The molecule has 0 rings (SSSR count). The average Bonchev–Trinajstić information content (AvgIpc) is 1.97. The van der Waals surface area contributed by atoms with Gasteiger partial charge in [-0.3, -0.25) is 0 Å². The summed E-state index contributed by atoms with van der Waals surface area (Å²) in [5.74, 6) is -0.880. The van der Waals surface area contributed by atoms with E-state index in [-0.39, 0.29) is 0 Å². The first-order valence-electron chi connectivity index (χ1n) is 3.74. The van der Waals surface area contributed by atoms with E-state index in [1.807, 2.05) is 7.05 Å². The molecule has 0 radical (unpaired) electrons. The second kappa shape index (κ2) is 5.92. The standard InChI is InChI=1S/C8H15NO2/c1-7(8(10)11)5-3-4-6-9-2/h9H,1,3-6H2,2H3,(H,10,11). The van der Waals surface area contributed by atoms with Gasteiger partial charge in [0.15, 0.2) is 0 Å². The van der Waals surface area contributed by atoms with Crippen LogP contribution in [0.15, 0.2) is 12.2 Å². The number of hydrogen-bond donors (Lipinski definition) is 2. The molecule has 0 aliphatic rings. The Morgan fingerprint density at radius 2 is 2.18 bits per heavy atom. The molecule has 0 fully saturated rings. The van der Waals surface area contributed by atoms with Crippen LogP contribution in [-0.2, 0) is 4.79 Å². The maximum atomic E-state index is 10.2. The van der Waals surface area contributed by atoms with E-state index in [1.54, 1.807) is 0 Å². The highest BCUT2D eigenvalue weighted by molar-refractivity contribution is 5.85. The van der Waals surface area contributed by atoms with Gasteiger partial charge in [0.2, 0.25) is 0 Å². The highest BCUT2D eigenvalue weighted by Crippen LogP contribution is 2.03. The van der Waals surface area contributed by atoms with Crippen molar-refractivity contribution in [3.8, 4) is 0 Å². The fraction of sp³-hybridized carbons (Fsp3) is 0.625. The maximum Gasteiger partial charge on any atom is 0.330 e. The fourth-order valence-corrected chi connectivity index (χ4v) is 0.747. The van der Waals surface area contributed by atoms with E-state index in [2.05, 4.69) is 11.9 Å². The first-order chi connectivity index (χ1) is 5.18. The van der Waals surface area contributed by atoms with Crippen LogP contribution < -0.4 is 5.32 Å². The minimum atomic E-state index is -0.880. The van der Waals surface area contributed by atoms with E-state index in [1.165, 1.54) is 0 Å². The lowest BCUT2D eigenvalue weighted by molar-refractivity contribution is -0.132. The molecule has 0 aromatic rings. The number of rotatable bonds is 6. The zero-order valence-corrected chi connectivity index (χ0v) is 6.89. The predicted molar refractivity (Wildman–Crippen MR) is 44.6 cm³/mol. The van der Waals surface area contributed by atoms with Crippen LogP contribution >= 0.6 is 0 Å². The van der Waals surface area contributed by atoms with Crippen molar-refractivity contribution in [3.05, 3.63) is 12.2 Å². The van der Waals surface area contributed by atoms with Gasteiger partial charge < -0.3 is 10.4 Å². The summed E-state index contributed by atoms with van der Waals surface area (Å²) < 4.78 is 0. The van der Waals surface area contributed by atoms with Gasteiger partial charge in [0, 0.05) is 5.57 Å². The third-order valence-corrected chi connectivity index (χ3v) is 1.46. The number of carboxylic acid groups (broad SMARTS) is 1. The van der Waals surface area contributed by atoms with Crippen molar-refractivity contribution in [2.24, 2.45) is 0 Å². The lowest BCUT2D eigenvalue weighted by Gasteiger charge is -1.99. The van der Waals surface area contributed by atoms with E-state index in [0.29, 0.717) is 12.0 Å². The number of carboxylic acids is 1. The Hall–Kier alpha value is -0.830. The summed E-state index contributed by atoms with van der Waals surface area (Å²) in [6.45, 7) is 4.37. The van der Waals surface area contributed by atoms with Crippen LogP contribution in [-0.4, -0.2) is 24.7 Å². The maximum absolute atomic E-state index is 10.2. The first-order valence-corrected chi connectivity index (χ1v) is 3.74. The number of nitrogens with one attached hydrogen (secondary N) is 1. The zero-order valence-electron chi connectivity index (χ0n) is 6.89. The van der Waals surface area contributed by atoms with E-state index in [4.69, 9.17) is 5.11 Å². The van der Waals surface area contributed by atoms with Crippen LogP contribution in [0.4, 0.5) is 0 Å². The summed E-state index contributed by atoms with van der Waals surface area (Å²) in [7, 11) is 1.88. The second-order valence-corrected chi connectivity index (χ2v) is 2.47. The van der Waals surface area contributed by atoms with Gasteiger partial charge in [-0.2, -0.15) is 0 Å². The Bertz CT molecular complexity index is 143. The SMILES string of the molecule is C=C(CCCCNC)C(=O)O. The molecule has 0 aliphatic heterocycles. The van der Waals surface area contributed by atoms with Crippen molar-refractivity contribution >= 4 is 5.97 Å². The number of hydrogen-bond acceptors (Lipinski definition) is 2. The molecule has 2 N–H and O–H groups in total. The minimum absolute atomic E-state index is 0.307. The monoisotopic (exact) mass is 157 g/mol. The predicted octanol–water partition coefficient (Wildman–Crippen LogP) is 1.02. The Morgan fingerprint density at radius 1 is 1.55 bits per heavy atom. The normalized spacial score (nSPS) is 9.55. The van der Waals surface area contributed by atoms with E-state index in [9.17, 15) is 4.79 Å². The Labute approximate surface area is 67.1 Å². The summed E-state index contributed by atoms with van der Waals surface area (Å²) in [6, 6.07) is 0. The molecule has 11 heavy (non-hydrogen) atoms. The van der Waals surface area contributed by atoms with Crippen molar-refractivity contribution in [3.63, 3.8) is 0 Å². The lowest BCUT2D eigenvalue weighted by atomic mass is 10.1. The van der Waals surface area contributed by atoms with Crippen molar-refractivity contribution in [2.75, 3.05) is 13.6 Å². The minimum Gasteiger partial charge on any atom is -0.478 e. The Morgan fingerprint density at radius 3 is 2.64 bits per heavy atom. The van der Waals surface area contributed by atoms with Gasteiger partial charge in [-0.05, 0) is 32.9 Å². The average molecular weight is 157 g/mol. The molecule has 0 aromatic carbocycles. The molecular weight excluding hydrogens is 142 g/mol. The van der Waals surface area contributed by atoms with Crippen LogP contribution in [0.3, 0.4) is 0 Å². The van der Waals surface area contributed by atoms with Gasteiger partial charge in [-0.1, -0.05) is 6.58 Å². The molecular formula is C8H15NO2. The molecule has 0 atom stereocenters. The third-order valence-electron chi connectivity index (χ3n) is 1.46. The largest absolute Gasteiger partial charge is 0.478 e. The first kappa shape index (κ1) is 10.2. The summed E-state index contributed by atoms with van der Waals surface area (Å²) in [5.41, 5.74) is 0.307. The molecule has 0 aromatic heterocycles. The summed E-state index contributed by atoms with van der Waals surface area (Å²) >= 11 is 0. The van der Waals surface area contributed by atoms with E-state index >= 15 is 0 Å². The highest BCUT2D eigenvalue weighted by atomic mass is 16.4. The molecule has 0 bridgehead atoms. The highest BCUT2D eigenvalue weighted by Gasteiger charge is 2.01. The van der Waals surface area contributed by atoms with Gasteiger partial charge in [0.05, 0.1) is 0 Å². The molecule has 0 saturated carbocycles. The van der Waals surface area contributed by atoms with Crippen molar-refractivity contribution in [1.29, 1.82) is 0 Å². The molecule has 0 heterocycles. The van der Waals surface area contributed by atoms with Gasteiger partial charge in [0.1, 0.15) is 0 Å². The molecule has 64 valence electrons. The molecule has 3 heteroatoms. The molecule has 0 amide bonds. The Balaban J connectivity index is 3.25. The molecule has 0 aliphatic carbocycles. The smallest absolute Gasteiger partial charge is 0.330 e. The van der Waals surface area contributed by atoms with Crippen molar-refractivity contribution < 1.29 is 9.90 Å². The number of carbonyl (C=O) groups is 1. The van der Waals surface area contributed by atoms with Gasteiger partial charge >= 0.3 is 5.97 Å². The second-order valence-electron chi connectivity index (χ2n) is 2.47. The van der Waals surface area contributed by atoms with E-state index in [0.717, 1.165) is 19.4 Å². The van der Waals surface area contributed by atoms with Crippen LogP contribution in [0, 0.1) is 0 Å². The summed E-state index contributed by atoms with van der Waals surface area (Å²) in [5, 5.41) is 11.4. The Kier molecular flexibility index (Phi) is 5.47. The van der Waals surface area contributed by atoms with Gasteiger partial charge in [-0.15, -0.1) is 0 Å². The van der Waals surface area contributed by atoms with Crippen LogP contribution in [0.25, 0.3) is 0 Å². The third kappa shape index (κ3) is 5.61. The molecule has 0 unspecified atom stereocenters. The van der Waals surface area contributed by atoms with Crippen LogP contribution in [0.5, 0.6) is 0 Å². The zero-order chi connectivity index (χ0) is 8.69. The van der Waals surface area contributed by atoms with Crippen molar-refractivity contribution in [2.45, 2.75) is 19.3 Å². The fourth-order valence-electron chi connectivity index (χ4n) is 0.747. The van der Waals surface area contributed by atoms with Crippen LogP contribution in [0.1, 0.15) is 19.3 Å². The van der Waals surface area contributed by atoms with E-state index < -0.39 is 5.97 Å². The quantitative estimate of drug-likeness (QED) is 0.447. The number of unbranched alkanes of at least 4 members (excludes halogenated alkanes) is 1. The van der Waals surface area contributed by atoms with Crippen molar-refractivity contribution in [1.82, 2.24) is 5.32 Å². The van der Waals surface area contributed by atoms with Gasteiger partial charge in [-0.25, -0.2) is 4.79 Å². The summed E-state index contributed by atoms with van der Waals surface area (Å²) in [4.78, 5) is 10.2. The molecule has 0 saturated heterocycles. The van der Waals surface area contributed by atoms with Crippen LogP contribution in [0.2, 0.25) is 0 Å². The molecule has 0 spiro atoms. The van der Waals surface area contributed by atoms with Gasteiger partial charge in [0.25, 0.3) is 0 Å². The topological polar surface area (TPSA) is 49.3 Å². The molecule has 3 nitrogen and oxygen atoms in total. The lowest BCUT2D eigenvalue weighted by Crippen LogP contribution is -2.07. The summed E-state index contributed by atoms with van der Waals surface area (Å²) in [6.07, 6.45) is 2.49. The number of aliphatic carboxylic acids is 1.